The van der Waals surface area contributed by atoms with E-state index in [9.17, 15) is 9.90 Å². The van der Waals surface area contributed by atoms with Crippen LogP contribution in [0, 0.1) is 0 Å². The van der Waals surface area contributed by atoms with Crippen LogP contribution in [0.5, 0.6) is 0 Å². The summed E-state index contributed by atoms with van der Waals surface area (Å²) in [5.41, 5.74) is 2.48. The topological polar surface area (TPSA) is 83.5 Å². The smallest absolute Gasteiger partial charge is 0.234 e. The van der Waals surface area contributed by atoms with Gasteiger partial charge in [-0.05, 0) is 30.2 Å². The Kier molecular flexibility index (Phi) is 5.55. The standard InChI is InChI=1S/C21H24N4O3/c26-20(22-13-18-8-4-11-28-18)15-24-9-5-10-25-17(14-24)12-19(23-25)21(27)16-6-2-1-3-7-16/h1-4,6-8,11-12,21,27H,5,9-10,13-15H2,(H,22,26)/t21-/m1/s1. The number of fused-ring (bicyclic) bond motifs is 1. The minimum Gasteiger partial charge on any atom is -0.467 e. The first-order chi connectivity index (χ1) is 13.7. The molecule has 0 saturated heterocycles. The molecule has 7 nitrogen and oxygen atoms in total. The highest BCUT2D eigenvalue weighted by molar-refractivity contribution is 5.77. The lowest BCUT2D eigenvalue weighted by atomic mass is 10.1. The summed E-state index contributed by atoms with van der Waals surface area (Å²) >= 11 is 0. The van der Waals surface area contributed by atoms with Gasteiger partial charge in [-0.3, -0.25) is 14.4 Å². The van der Waals surface area contributed by atoms with E-state index in [1.807, 2.05) is 47.1 Å². The second-order valence-electron chi connectivity index (χ2n) is 7.02. The molecule has 146 valence electrons. The third kappa shape index (κ3) is 4.32. The molecule has 2 aromatic heterocycles. The molecule has 1 aliphatic rings. The van der Waals surface area contributed by atoms with Gasteiger partial charge < -0.3 is 14.8 Å². The molecule has 1 aliphatic heterocycles. The molecule has 28 heavy (non-hydrogen) atoms. The Morgan fingerprint density at radius 2 is 2.07 bits per heavy atom. The highest BCUT2D eigenvalue weighted by Gasteiger charge is 2.21. The number of carbonyl (C=O) groups excluding carboxylic acids is 1. The zero-order chi connectivity index (χ0) is 19.3. The van der Waals surface area contributed by atoms with Crippen molar-refractivity contribution in [3.05, 3.63) is 77.5 Å². The van der Waals surface area contributed by atoms with Crippen molar-refractivity contribution in [2.45, 2.75) is 32.2 Å². The normalized spacial score (nSPS) is 15.6. The van der Waals surface area contributed by atoms with Crippen LogP contribution in [0.1, 0.15) is 35.2 Å². The van der Waals surface area contributed by atoms with E-state index < -0.39 is 6.10 Å². The fraction of sp³-hybridized carbons (Fsp3) is 0.333. The molecule has 0 aliphatic carbocycles. The summed E-state index contributed by atoms with van der Waals surface area (Å²) in [6.45, 7) is 2.95. The van der Waals surface area contributed by atoms with Crippen molar-refractivity contribution in [1.82, 2.24) is 20.0 Å². The number of hydrogen-bond acceptors (Lipinski definition) is 5. The molecule has 4 rings (SSSR count). The van der Waals surface area contributed by atoms with Gasteiger partial charge in [0.05, 0.1) is 30.7 Å². The van der Waals surface area contributed by atoms with Crippen molar-refractivity contribution in [2.24, 2.45) is 0 Å². The number of aliphatic hydroxyl groups is 1. The summed E-state index contributed by atoms with van der Waals surface area (Å²) in [7, 11) is 0. The molecule has 0 saturated carbocycles. The number of amides is 1. The minimum atomic E-state index is -0.745. The Morgan fingerprint density at radius 1 is 1.21 bits per heavy atom. The van der Waals surface area contributed by atoms with Crippen LogP contribution in [0.15, 0.2) is 59.2 Å². The third-order valence-electron chi connectivity index (χ3n) is 4.91. The zero-order valence-electron chi connectivity index (χ0n) is 15.6. The van der Waals surface area contributed by atoms with E-state index in [1.165, 1.54) is 0 Å². The quantitative estimate of drug-likeness (QED) is 0.684. The number of hydrogen-bond donors (Lipinski definition) is 2. The van der Waals surface area contributed by atoms with Crippen LogP contribution in [0.2, 0.25) is 0 Å². The maximum absolute atomic E-state index is 12.3. The van der Waals surface area contributed by atoms with Gasteiger partial charge in [-0.1, -0.05) is 30.3 Å². The Hall–Kier alpha value is -2.90. The number of aliphatic hydroxyl groups excluding tert-OH is 1. The summed E-state index contributed by atoms with van der Waals surface area (Å²) in [5, 5.41) is 18.1. The van der Waals surface area contributed by atoms with E-state index in [-0.39, 0.29) is 5.91 Å². The van der Waals surface area contributed by atoms with Gasteiger partial charge in [-0.2, -0.15) is 5.10 Å². The van der Waals surface area contributed by atoms with Crippen LogP contribution in [-0.4, -0.2) is 38.8 Å². The lowest BCUT2D eigenvalue weighted by Gasteiger charge is -2.18. The number of nitrogens with one attached hydrogen (secondary N) is 1. The van der Waals surface area contributed by atoms with Gasteiger partial charge in [0, 0.05) is 19.6 Å². The summed E-state index contributed by atoms with van der Waals surface area (Å²) in [4.78, 5) is 14.4. The number of rotatable bonds is 6. The number of aromatic nitrogens is 2. The Morgan fingerprint density at radius 3 is 2.86 bits per heavy atom. The van der Waals surface area contributed by atoms with E-state index in [4.69, 9.17) is 4.42 Å². The van der Waals surface area contributed by atoms with Gasteiger partial charge in [-0.15, -0.1) is 0 Å². The van der Waals surface area contributed by atoms with Crippen molar-refractivity contribution >= 4 is 5.91 Å². The molecule has 0 unspecified atom stereocenters. The maximum atomic E-state index is 12.3. The fourth-order valence-electron chi connectivity index (χ4n) is 3.48. The van der Waals surface area contributed by atoms with Gasteiger partial charge in [-0.25, -0.2) is 0 Å². The van der Waals surface area contributed by atoms with Crippen LogP contribution in [-0.2, 0) is 24.4 Å². The molecule has 0 spiro atoms. The minimum absolute atomic E-state index is 0.0334. The predicted octanol–water partition coefficient (Wildman–Crippen LogP) is 2.08. The average Bonchev–Trinajstić information content (AvgIpc) is 3.33. The highest BCUT2D eigenvalue weighted by Crippen LogP contribution is 2.23. The SMILES string of the molecule is O=C(CN1CCCn2nc([C@H](O)c3ccccc3)cc2C1)NCc1ccco1. The molecule has 1 atom stereocenters. The first-order valence-electron chi connectivity index (χ1n) is 9.50. The Labute approximate surface area is 163 Å². The Balaban J connectivity index is 1.39. The first kappa shape index (κ1) is 18.5. The number of nitrogens with zero attached hydrogens (tertiary/aromatic N) is 3. The summed E-state index contributed by atoms with van der Waals surface area (Å²) in [6, 6.07) is 15.1. The number of aryl methyl sites for hydroxylation is 1. The molecular formula is C21H24N4O3. The Bertz CT molecular complexity index is 905. The van der Waals surface area contributed by atoms with Gasteiger partial charge in [0.1, 0.15) is 11.9 Å². The van der Waals surface area contributed by atoms with Crippen molar-refractivity contribution < 1.29 is 14.3 Å². The molecule has 3 heterocycles. The molecule has 7 heteroatoms. The summed E-state index contributed by atoms with van der Waals surface area (Å²) < 4.78 is 7.19. The molecular weight excluding hydrogens is 356 g/mol. The van der Waals surface area contributed by atoms with E-state index in [0.29, 0.717) is 25.3 Å². The van der Waals surface area contributed by atoms with Gasteiger partial charge in [0.2, 0.25) is 5.91 Å². The lowest BCUT2D eigenvalue weighted by molar-refractivity contribution is -0.122. The fourth-order valence-corrected chi connectivity index (χ4v) is 3.48. The van der Waals surface area contributed by atoms with Crippen molar-refractivity contribution in [3.63, 3.8) is 0 Å². The zero-order valence-corrected chi connectivity index (χ0v) is 15.6. The maximum Gasteiger partial charge on any atom is 0.234 e. The lowest BCUT2D eigenvalue weighted by Crippen LogP contribution is -2.36. The van der Waals surface area contributed by atoms with Crippen LogP contribution in [0.4, 0.5) is 0 Å². The predicted molar refractivity (Wildman–Crippen MR) is 103 cm³/mol. The van der Waals surface area contributed by atoms with Crippen molar-refractivity contribution in [3.8, 4) is 0 Å². The number of furan rings is 1. The van der Waals surface area contributed by atoms with E-state index in [1.54, 1.807) is 12.3 Å². The van der Waals surface area contributed by atoms with Crippen LogP contribution in [0.25, 0.3) is 0 Å². The van der Waals surface area contributed by atoms with Gasteiger partial charge >= 0.3 is 0 Å². The van der Waals surface area contributed by atoms with E-state index in [0.717, 1.165) is 36.5 Å². The molecule has 2 N–H and O–H groups in total. The largest absolute Gasteiger partial charge is 0.467 e. The highest BCUT2D eigenvalue weighted by atomic mass is 16.3. The third-order valence-corrected chi connectivity index (χ3v) is 4.91. The van der Waals surface area contributed by atoms with E-state index in [2.05, 4.69) is 15.3 Å². The summed E-state index contributed by atoms with van der Waals surface area (Å²) in [6.07, 6.45) is 1.76. The molecule has 3 aromatic rings. The molecule has 0 radical (unpaired) electrons. The number of benzene rings is 1. The van der Waals surface area contributed by atoms with Crippen molar-refractivity contribution in [1.29, 1.82) is 0 Å². The first-order valence-corrected chi connectivity index (χ1v) is 9.50. The molecule has 0 bridgehead atoms. The van der Waals surface area contributed by atoms with Gasteiger partial charge in [0.25, 0.3) is 0 Å². The molecule has 1 aromatic carbocycles. The van der Waals surface area contributed by atoms with Crippen molar-refractivity contribution in [2.75, 3.05) is 13.1 Å². The second kappa shape index (κ2) is 8.41. The monoisotopic (exact) mass is 380 g/mol. The van der Waals surface area contributed by atoms with Crippen LogP contribution in [0.3, 0.4) is 0 Å². The number of carbonyl (C=O) groups is 1. The summed E-state index contributed by atoms with van der Waals surface area (Å²) in [5.74, 6) is 0.704. The molecule has 0 fully saturated rings. The van der Waals surface area contributed by atoms with E-state index >= 15 is 0 Å². The van der Waals surface area contributed by atoms with Gasteiger partial charge in [0.15, 0.2) is 0 Å². The average molecular weight is 380 g/mol. The molecule has 1 amide bonds. The van der Waals surface area contributed by atoms with Crippen LogP contribution >= 0.6 is 0 Å². The second-order valence-corrected chi connectivity index (χ2v) is 7.02. The van der Waals surface area contributed by atoms with Crippen LogP contribution < -0.4 is 5.32 Å².